The molecule has 0 saturated heterocycles. The SMILES string of the molecule is CCC(SSC1(C(=O)Nc2ccc(S(N)(=O)=O)cc2)C=CC=CC1N(C)C(C)=O)c1ccccc1. The number of likely N-dealkylation sites (N-methyl/N-ethyl adjacent to an activating group) is 1. The highest BCUT2D eigenvalue weighted by Gasteiger charge is 2.48. The van der Waals surface area contributed by atoms with Crippen LogP contribution in [0, 0.1) is 0 Å². The molecule has 0 fully saturated rings. The summed E-state index contributed by atoms with van der Waals surface area (Å²) in [5.74, 6) is -0.481. The summed E-state index contributed by atoms with van der Waals surface area (Å²) in [6.45, 7) is 3.57. The number of carbonyl (C=O) groups excluding carboxylic acids is 2. The van der Waals surface area contributed by atoms with Crippen molar-refractivity contribution in [1.82, 2.24) is 4.90 Å². The minimum absolute atomic E-state index is 0.0431. The zero-order valence-electron chi connectivity index (χ0n) is 19.7. The van der Waals surface area contributed by atoms with Crippen molar-refractivity contribution in [3.8, 4) is 0 Å². The molecule has 0 saturated carbocycles. The Balaban J connectivity index is 1.94. The number of hydrogen-bond donors (Lipinski definition) is 2. The fourth-order valence-electron chi connectivity index (χ4n) is 3.67. The lowest BCUT2D eigenvalue weighted by molar-refractivity contribution is -0.130. The van der Waals surface area contributed by atoms with Crippen LogP contribution in [0.15, 0.2) is 83.8 Å². The number of nitrogens with zero attached hydrogens (tertiary/aromatic N) is 1. The van der Waals surface area contributed by atoms with Gasteiger partial charge in [0.1, 0.15) is 4.75 Å². The Morgan fingerprint density at radius 2 is 1.77 bits per heavy atom. The van der Waals surface area contributed by atoms with E-state index in [1.54, 1.807) is 22.7 Å². The molecule has 1 aliphatic rings. The largest absolute Gasteiger partial charge is 0.337 e. The molecule has 0 heterocycles. The van der Waals surface area contributed by atoms with E-state index in [0.717, 1.165) is 12.0 Å². The Morgan fingerprint density at radius 3 is 2.34 bits per heavy atom. The van der Waals surface area contributed by atoms with E-state index in [-0.39, 0.29) is 22.0 Å². The molecule has 3 atom stereocenters. The Hall–Kier alpha value is -2.53. The molecule has 1 aliphatic carbocycles. The highest BCUT2D eigenvalue weighted by atomic mass is 33.1. The van der Waals surface area contributed by atoms with Crippen LogP contribution in [-0.4, -0.2) is 43.0 Å². The number of nitrogens with one attached hydrogen (secondary N) is 1. The third-order valence-electron chi connectivity index (χ3n) is 5.74. The van der Waals surface area contributed by atoms with Gasteiger partial charge in [0.25, 0.3) is 0 Å². The average molecular weight is 532 g/mol. The molecule has 3 N–H and O–H groups in total. The van der Waals surface area contributed by atoms with Crippen molar-refractivity contribution in [1.29, 1.82) is 0 Å². The number of primary sulfonamides is 1. The van der Waals surface area contributed by atoms with Gasteiger partial charge in [-0.2, -0.15) is 0 Å². The van der Waals surface area contributed by atoms with Crippen LogP contribution >= 0.6 is 21.6 Å². The van der Waals surface area contributed by atoms with Crippen molar-refractivity contribution >= 4 is 49.1 Å². The molecule has 0 aromatic heterocycles. The lowest BCUT2D eigenvalue weighted by Crippen LogP contribution is -2.55. The number of benzene rings is 2. The summed E-state index contributed by atoms with van der Waals surface area (Å²) in [6, 6.07) is 15.2. The van der Waals surface area contributed by atoms with Crippen LogP contribution in [0.2, 0.25) is 0 Å². The summed E-state index contributed by atoms with van der Waals surface area (Å²) in [5.41, 5.74) is 1.59. The molecule has 2 aromatic rings. The molecule has 0 bridgehead atoms. The molecule has 3 rings (SSSR count). The van der Waals surface area contributed by atoms with Crippen LogP contribution in [0.5, 0.6) is 0 Å². The number of nitrogens with two attached hydrogens (primary N) is 1. The predicted octanol–water partition coefficient (Wildman–Crippen LogP) is 4.52. The first kappa shape index (κ1) is 27.1. The van der Waals surface area contributed by atoms with E-state index in [1.165, 1.54) is 42.0 Å². The normalized spacial score (nSPS) is 20.3. The molecule has 7 nitrogen and oxygen atoms in total. The summed E-state index contributed by atoms with van der Waals surface area (Å²) in [5, 5.41) is 8.23. The standard InChI is InChI=1S/C25H29N3O4S3/c1-4-22(19-10-6-5-7-11-19)33-34-25(17-9-8-12-23(25)28(3)18(2)29)24(30)27-20-13-15-21(16-14-20)35(26,31)32/h5-17,22-23H,4H2,1-3H3,(H,27,30)(H2,26,31,32). The third kappa shape index (κ3) is 6.38. The van der Waals surface area contributed by atoms with Gasteiger partial charge in [-0.3, -0.25) is 9.59 Å². The minimum atomic E-state index is -3.84. The van der Waals surface area contributed by atoms with Crippen molar-refractivity contribution < 1.29 is 18.0 Å². The van der Waals surface area contributed by atoms with Crippen molar-refractivity contribution in [3.05, 3.63) is 84.5 Å². The Bertz CT molecular complexity index is 1210. The van der Waals surface area contributed by atoms with Gasteiger partial charge in [-0.1, -0.05) is 83.1 Å². The lowest BCUT2D eigenvalue weighted by atomic mass is 9.91. The van der Waals surface area contributed by atoms with Crippen molar-refractivity contribution in [2.24, 2.45) is 5.14 Å². The van der Waals surface area contributed by atoms with Crippen LogP contribution in [0.25, 0.3) is 0 Å². The van der Waals surface area contributed by atoms with Crippen LogP contribution in [0.1, 0.15) is 31.1 Å². The summed E-state index contributed by atoms with van der Waals surface area (Å²) >= 11 is 0. The van der Waals surface area contributed by atoms with E-state index >= 15 is 0 Å². The first-order chi connectivity index (χ1) is 16.6. The monoisotopic (exact) mass is 531 g/mol. The fourth-order valence-corrected chi connectivity index (χ4v) is 7.72. The second-order valence-electron chi connectivity index (χ2n) is 8.12. The highest BCUT2D eigenvalue weighted by molar-refractivity contribution is 8.77. The minimum Gasteiger partial charge on any atom is -0.337 e. The maximum atomic E-state index is 13.8. The van der Waals surface area contributed by atoms with Gasteiger partial charge in [0, 0.05) is 24.9 Å². The van der Waals surface area contributed by atoms with Crippen LogP contribution in [-0.2, 0) is 19.6 Å². The smallest absolute Gasteiger partial charge is 0.247 e. The topological polar surface area (TPSA) is 110 Å². The van der Waals surface area contributed by atoms with Gasteiger partial charge in [-0.15, -0.1) is 0 Å². The van der Waals surface area contributed by atoms with Gasteiger partial charge in [-0.05, 0) is 36.2 Å². The number of carbonyl (C=O) groups is 2. The Labute approximate surface area is 214 Å². The summed E-state index contributed by atoms with van der Waals surface area (Å²) in [4.78, 5) is 27.7. The molecule has 186 valence electrons. The van der Waals surface area contributed by atoms with Crippen LogP contribution in [0.3, 0.4) is 0 Å². The Morgan fingerprint density at radius 1 is 1.11 bits per heavy atom. The molecule has 0 spiro atoms. The second kappa shape index (κ2) is 11.5. The summed E-state index contributed by atoms with van der Waals surface area (Å²) in [6.07, 6.45) is 8.17. The van der Waals surface area contributed by atoms with Gasteiger partial charge in [-0.25, -0.2) is 13.6 Å². The summed E-state index contributed by atoms with van der Waals surface area (Å²) in [7, 11) is 0.850. The molecular formula is C25H29N3O4S3. The number of rotatable bonds is 9. The van der Waals surface area contributed by atoms with E-state index in [1.807, 2.05) is 42.5 Å². The highest BCUT2D eigenvalue weighted by Crippen LogP contribution is 2.50. The molecule has 35 heavy (non-hydrogen) atoms. The Kier molecular flexibility index (Phi) is 8.87. The molecule has 10 heteroatoms. The lowest BCUT2D eigenvalue weighted by Gasteiger charge is -2.41. The first-order valence-corrected chi connectivity index (χ1v) is 14.8. The fraction of sp³-hybridized carbons (Fsp3) is 0.280. The number of sulfonamides is 1. The maximum Gasteiger partial charge on any atom is 0.247 e. The number of allylic oxidation sites excluding steroid dienone is 2. The van der Waals surface area contributed by atoms with Crippen LogP contribution < -0.4 is 10.5 Å². The zero-order valence-corrected chi connectivity index (χ0v) is 22.2. The quantitative estimate of drug-likeness (QED) is 0.461. The first-order valence-electron chi connectivity index (χ1n) is 11.0. The summed E-state index contributed by atoms with van der Waals surface area (Å²) < 4.78 is 22.0. The second-order valence-corrected chi connectivity index (χ2v) is 12.4. The van der Waals surface area contributed by atoms with Crippen LogP contribution in [0.4, 0.5) is 5.69 Å². The van der Waals surface area contributed by atoms with Gasteiger partial charge in [0.05, 0.1) is 10.9 Å². The zero-order chi connectivity index (χ0) is 25.6. The van der Waals surface area contributed by atoms with Crippen molar-refractivity contribution in [3.63, 3.8) is 0 Å². The number of anilines is 1. The molecule has 0 radical (unpaired) electrons. The van der Waals surface area contributed by atoms with Crippen molar-refractivity contribution in [2.45, 2.75) is 41.2 Å². The molecule has 0 aliphatic heterocycles. The predicted molar refractivity (Wildman–Crippen MR) is 144 cm³/mol. The van der Waals surface area contributed by atoms with E-state index < -0.39 is 20.8 Å². The average Bonchev–Trinajstić information content (AvgIpc) is 2.84. The van der Waals surface area contributed by atoms with Gasteiger partial charge in [0.15, 0.2) is 0 Å². The molecule has 2 amide bonds. The molecular weight excluding hydrogens is 502 g/mol. The van der Waals surface area contributed by atoms with E-state index in [0.29, 0.717) is 5.69 Å². The number of amides is 2. The van der Waals surface area contributed by atoms with E-state index in [2.05, 4.69) is 24.4 Å². The molecule has 3 unspecified atom stereocenters. The van der Waals surface area contributed by atoms with E-state index in [4.69, 9.17) is 5.14 Å². The maximum absolute atomic E-state index is 13.8. The third-order valence-corrected chi connectivity index (χ3v) is 10.3. The number of hydrogen-bond acceptors (Lipinski definition) is 6. The molecule has 2 aromatic carbocycles. The van der Waals surface area contributed by atoms with Gasteiger partial charge in [0.2, 0.25) is 21.8 Å². The van der Waals surface area contributed by atoms with Gasteiger partial charge < -0.3 is 10.2 Å². The van der Waals surface area contributed by atoms with Gasteiger partial charge >= 0.3 is 0 Å². The van der Waals surface area contributed by atoms with Crippen molar-refractivity contribution in [2.75, 3.05) is 12.4 Å². The van der Waals surface area contributed by atoms with E-state index in [9.17, 15) is 18.0 Å².